The van der Waals surface area contributed by atoms with Crippen molar-refractivity contribution in [3.63, 3.8) is 0 Å². The summed E-state index contributed by atoms with van der Waals surface area (Å²) in [6.45, 7) is 0. The minimum Gasteiger partial charge on any atom is -0.279 e. The van der Waals surface area contributed by atoms with E-state index in [9.17, 15) is 12.8 Å². The molecule has 2 aromatic carbocycles. The molecule has 0 heterocycles. The molecule has 2 rings (SSSR count). The number of hydrogen-bond acceptors (Lipinski definition) is 2. The van der Waals surface area contributed by atoms with E-state index in [-0.39, 0.29) is 9.37 Å². The third-order valence-electron chi connectivity index (χ3n) is 2.36. The number of rotatable bonds is 3. The Bertz CT molecular complexity index is 770. The fourth-order valence-corrected chi connectivity index (χ4v) is 4.78. The van der Waals surface area contributed by atoms with Gasteiger partial charge in [-0.1, -0.05) is 11.6 Å². The molecule has 8 heteroatoms. The average molecular weight is 491 g/mol. The van der Waals surface area contributed by atoms with E-state index < -0.39 is 15.8 Å². The van der Waals surface area contributed by atoms with Crippen LogP contribution in [0.3, 0.4) is 0 Å². The number of anilines is 1. The Balaban J connectivity index is 2.41. The van der Waals surface area contributed by atoms with E-state index in [0.717, 1.165) is 12.1 Å². The van der Waals surface area contributed by atoms with Crippen LogP contribution in [0, 0.1) is 9.39 Å². The number of hydrogen-bond donors (Lipinski definition) is 1. The van der Waals surface area contributed by atoms with Crippen molar-refractivity contribution >= 4 is 65.8 Å². The molecule has 0 aliphatic heterocycles. The Morgan fingerprint density at radius 2 is 1.90 bits per heavy atom. The van der Waals surface area contributed by atoms with E-state index in [1.165, 1.54) is 6.07 Å². The maximum absolute atomic E-state index is 13.0. The topological polar surface area (TPSA) is 46.2 Å². The summed E-state index contributed by atoms with van der Waals surface area (Å²) in [5.41, 5.74) is 0.409. The highest BCUT2D eigenvalue weighted by molar-refractivity contribution is 14.1. The van der Waals surface area contributed by atoms with Gasteiger partial charge in [-0.05, 0) is 74.9 Å². The summed E-state index contributed by atoms with van der Waals surface area (Å²) in [7, 11) is -3.81. The van der Waals surface area contributed by atoms with Gasteiger partial charge in [0.2, 0.25) is 0 Å². The summed E-state index contributed by atoms with van der Waals surface area (Å²) >= 11 is 10.8. The third kappa shape index (κ3) is 3.63. The molecule has 0 spiro atoms. The van der Waals surface area contributed by atoms with Crippen LogP contribution in [0.5, 0.6) is 0 Å². The molecule has 0 aromatic heterocycles. The number of benzene rings is 2. The molecule has 0 radical (unpaired) electrons. The third-order valence-corrected chi connectivity index (χ3v) is 5.83. The van der Waals surface area contributed by atoms with Crippen molar-refractivity contribution in [3.8, 4) is 0 Å². The molecule has 20 heavy (non-hydrogen) atoms. The molecule has 3 nitrogen and oxygen atoms in total. The Morgan fingerprint density at radius 1 is 1.20 bits per heavy atom. The normalized spacial score (nSPS) is 11.4. The first-order valence-electron chi connectivity index (χ1n) is 5.22. The van der Waals surface area contributed by atoms with E-state index in [4.69, 9.17) is 11.6 Å². The summed E-state index contributed by atoms with van der Waals surface area (Å²) in [6, 6.07) is 8.18. The van der Waals surface area contributed by atoms with Crippen LogP contribution in [-0.2, 0) is 10.0 Å². The van der Waals surface area contributed by atoms with Gasteiger partial charge in [0.05, 0.1) is 5.69 Å². The molecule has 0 aliphatic rings. The van der Waals surface area contributed by atoms with Crippen molar-refractivity contribution < 1.29 is 12.8 Å². The predicted molar refractivity (Wildman–Crippen MR) is 89.1 cm³/mol. The molecular weight excluding hydrogens is 483 g/mol. The lowest BCUT2D eigenvalue weighted by atomic mass is 10.3. The molecule has 0 unspecified atom stereocenters. The van der Waals surface area contributed by atoms with E-state index >= 15 is 0 Å². The van der Waals surface area contributed by atoms with Crippen molar-refractivity contribution in [1.82, 2.24) is 0 Å². The van der Waals surface area contributed by atoms with E-state index in [0.29, 0.717) is 14.3 Å². The molecule has 0 amide bonds. The Labute approximate surface area is 142 Å². The van der Waals surface area contributed by atoms with Gasteiger partial charge in [0.1, 0.15) is 10.7 Å². The maximum atomic E-state index is 13.0. The minimum atomic E-state index is -3.81. The van der Waals surface area contributed by atoms with Crippen LogP contribution >= 0.6 is 50.1 Å². The predicted octanol–water partition coefficient (Wildman–Crippen LogP) is 4.65. The fourth-order valence-electron chi connectivity index (χ4n) is 1.47. The minimum absolute atomic E-state index is 0.0374. The molecule has 0 fully saturated rings. The largest absolute Gasteiger partial charge is 0.279 e. The highest BCUT2D eigenvalue weighted by atomic mass is 127. The van der Waals surface area contributed by atoms with Gasteiger partial charge in [-0.15, -0.1) is 0 Å². The van der Waals surface area contributed by atoms with Crippen LogP contribution in [0.1, 0.15) is 0 Å². The zero-order valence-corrected chi connectivity index (χ0v) is 15.0. The number of halogens is 4. The zero-order valence-electron chi connectivity index (χ0n) is 9.70. The molecule has 1 N–H and O–H groups in total. The highest BCUT2D eigenvalue weighted by Gasteiger charge is 2.19. The van der Waals surface area contributed by atoms with Gasteiger partial charge >= 0.3 is 0 Å². The molecule has 2 aromatic rings. The van der Waals surface area contributed by atoms with Crippen molar-refractivity contribution in [2.75, 3.05) is 4.72 Å². The van der Waals surface area contributed by atoms with Crippen molar-refractivity contribution in [3.05, 3.63) is 55.3 Å². The first-order chi connectivity index (χ1) is 9.29. The van der Waals surface area contributed by atoms with Crippen LogP contribution in [0.25, 0.3) is 0 Å². The standard InChI is InChI=1S/C12H7BrClFINO2S/c13-9-6-8(15)2-4-12(9)20(18,19)17-11-3-1-7(14)5-10(11)16/h1-6,17H. The van der Waals surface area contributed by atoms with Gasteiger partial charge in [-0.25, -0.2) is 12.8 Å². The van der Waals surface area contributed by atoms with Crippen LogP contribution < -0.4 is 4.72 Å². The van der Waals surface area contributed by atoms with Crippen LogP contribution in [0.4, 0.5) is 10.1 Å². The van der Waals surface area contributed by atoms with Crippen LogP contribution in [-0.4, -0.2) is 8.42 Å². The van der Waals surface area contributed by atoms with Crippen molar-refractivity contribution in [1.29, 1.82) is 0 Å². The van der Waals surface area contributed by atoms with E-state index in [2.05, 4.69) is 20.7 Å². The van der Waals surface area contributed by atoms with Gasteiger partial charge in [0.15, 0.2) is 0 Å². The summed E-state index contributed by atoms with van der Waals surface area (Å²) < 4.78 is 40.8. The quantitative estimate of drug-likeness (QED) is 0.637. The summed E-state index contributed by atoms with van der Waals surface area (Å²) in [4.78, 5) is -0.0374. The highest BCUT2D eigenvalue weighted by Crippen LogP contribution is 2.28. The Hall–Kier alpha value is -0.380. The smallest absolute Gasteiger partial charge is 0.263 e. The van der Waals surface area contributed by atoms with Gasteiger partial charge in [0.25, 0.3) is 10.0 Å². The lowest BCUT2D eigenvalue weighted by Crippen LogP contribution is -2.14. The van der Waals surface area contributed by atoms with Crippen molar-refractivity contribution in [2.45, 2.75) is 4.90 Å². The number of sulfonamides is 1. The van der Waals surface area contributed by atoms with Gasteiger partial charge < -0.3 is 0 Å². The fraction of sp³-hybridized carbons (Fsp3) is 0. The van der Waals surface area contributed by atoms with Crippen LogP contribution in [0.2, 0.25) is 5.02 Å². The van der Waals surface area contributed by atoms with Gasteiger partial charge in [-0.3, -0.25) is 4.72 Å². The van der Waals surface area contributed by atoms with Gasteiger partial charge in [-0.2, -0.15) is 0 Å². The van der Waals surface area contributed by atoms with Gasteiger partial charge in [0, 0.05) is 13.1 Å². The average Bonchev–Trinajstić information content (AvgIpc) is 2.32. The molecule has 0 bridgehead atoms. The summed E-state index contributed by atoms with van der Waals surface area (Å²) in [6.07, 6.45) is 0. The first-order valence-corrected chi connectivity index (χ1v) is 8.96. The van der Waals surface area contributed by atoms with Crippen molar-refractivity contribution in [2.24, 2.45) is 0 Å². The molecule has 0 atom stereocenters. The molecule has 0 saturated heterocycles. The molecule has 0 aliphatic carbocycles. The lowest BCUT2D eigenvalue weighted by Gasteiger charge is -2.11. The van der Waals surface area contributed by atoms with E-state index in [1.807, 2.05) is 22.6 Å². The second kappa shape index (κ2) is 6.17. The zero-order chi connectivity index (χ0) is 14.9. The molecule has 106 valence electrons. The Morgan fingerprint density at radius 3 is 2.50 bits per heavy atom. The first kappa shape index (κ1) is 16.0. The Kier molecular flexibility index (Phi) is 4.93. The van der Waals surface area contributed by atoms with E-state index in [1.54, 1.807) is 18.2 Å². The summed E-state index contributed by atoms with van der Waals surface area (Å²) in [5, 5.41) is 0.514. The molecule has 0 saturated carbocycles. The lowest BCUT2D eigenvalue weighted by molar-refractivity contribution is 0.599. The second-order valence-electron chi connectivity index (χ2n) is 3.80. The molecular formula is C12H7BrClFINO2S. The number of nitrogens with one attached hydrogen (secondary N) is 1. The summed E-state index contributed by atoms with van der Waals surface area (Å²) in [5.74, 6) is -0.517. The SMILES string of the molecule is O=S(=O)(Nc1ccc(Cl)cc1I)c1ccc(F)cc1Br. The maximum Gasteiger partial charge on any atom is 0.263 e. The monoisotopic (exact) mass is 489 g/mol. The van der Waals surface area contributed by atoms with Crippen LogP contribution in [0.15, 0.2) is 45.8 Å². The second-order valence-corrected chi connectivity index (χ2v) is 7.91.